The Kier molecular flexibility index (Phi) is 8.74. The average Bonchev–Trinajstić information content (AvgIpc) is 2.69. The van der Waals surface area contributed by atoms with Gasteiger partial charge in [0.1, 0.15) is 5.82 Å². The summed E-state index contributed by atoms with van der Waals surface area (Å²) < 4.78 is 19.0. The molecular weight excluding hydrogens is 345 g/mol. The van der Waals surface area contributed by atoms with Crippen molar-refractivity contribution in [3.63, 3.8) is 0 Å². The number of hydrogen-bond donors (Lipinski definition) is 3. The molecule has 6 heteroatoms. The molecule has 2 unspecified atom stereocenters. The van der Waals surface area contributed by atoms with E-state index < -0.39 is 6.10 Å². The summed E-state index contributed by atoms with van der Waals surface area (Å²) in [6.45, 7) is 5.47. The van der Waals surface area contributed by atoms with E-state index in [-0.39, 0.29) is 18.5 Å². The molecule has 3 N–H and O–H groups in total. The first-order valence-corrected chi connectivity index (χ1v) is 9.19. The van der Waals surface area contributed by atoms with E-state index in [1.807, 2.05) is 50.2 Å². The zero-order chi connectivity index (χ0) is 19.5. The second-order valence-electron chi connectivity index (χ2n) is 6.25. The van der Waals surface area contributed by atoms with Crippen LogP contribution in [0.2, 0.25) is 0 Å². The molecule has 146 valence electrons. The molecule has 0 heterocycles. The van der Waals surface area contributed by atoms with Gasteiger partial charge in [-0.3, -0.25) is 0 Å². The quantitative estimate of drug-likeness (QED) is 0.467. The zero-order valence-electron chi connectivity index (χ0n) is 15.9. The van der Waals surface area contributed by atoms with Crippen molar-refractivity contribution in [3.8, 4) is 0 Å². The van der Waals surface area contributed by atoms with E-state index in [2.05, 4.69) is 15.6 Å². The summed E-state index contributed by atoms with van der Waals surface area (Å²) in [5, 5.41) is 16.4. The fourth-order valence-electron chi connectivity index (χ4n) is 2.50. The van der Waals surface area contributed by atoms with Crippen molar-refractivity contribution in [1.29, 1.82) is 0 Å². The molecule has 0 saturated carbocycles. The van der Waals surface area contributed by atoms with Gasteiger partial charge in [0.05, 0.1) is 25.4 Å². The van der Waals surface area contributed by atoms with Crippen LogP contribution in [0.5, 0.6) is 0 Å². The van der Waals surface area contributed by atoms with Gasteiger partial charge in [0.25, 0.3) is 0 Å². The minimum atomic E-state index is -0.672. The molecule has 0 aliphatic heterocycles. The molecule has 2 aromatic rings. The number of rotatable bonds is 9. The molecule has 0 fully saturated rings. The first-order chi connectivity index (χ1) is 13.1. The van der Waals surface area contributed by atoms with E-state index in [0.717, 1.165) is 11.1 Å². The van der Waals surface area contributed by atoms with Gasteiger partial charge in [-0.05, 0) is 37.1 Å². The van der Waals surface area contributed by atoms with Crippen molar-refractivity contribution in [2.24, 2.45) is 4.99 Å². The predicted octanol–water partition coefficient (Wildman–Crippen LogP) is 3.02. The summed E-state index contributed by atoms with van der Waals surface area (Å²) in [7, 11) is 0. The van der Waals surface area contributed by atoms with Crippen LogP contribution in [-0.4, -0.2) is 36.9 Å². The molecule has 2 atom stereocenters. The fraction of sp³-hybridized carbons (Fsp3) is 0.381. The molecule has 0 radical (unpaired) electrons. The van der Waals surface area contributed by atoms with Crippen molar-refractivity contribution >= 4 is 5.96 Å². The Morgan fingerprint density at radius 3 is 2.63 bits per heavy atom. The third-order valence-corrected chi connectivity index (χ3v) is 3.97. The van der Waals surface area contributed by atoms with Crippen LogP contribution < -0.4 is 10.6 Å². The monoisotopic (exact) mass is 373 g/mol. The summed E-state index contributed by atoms with van der Waals surface area (Å²) >= 11 is 0. The first-order valence-electron chi connectivity index (χ1n) is 9.19. The fourth-order valence-corrected chi connectivity index (χ4v) is 2.50. The van der Waals surface area contributed by atoms with Gasteiger partial charge in [-0.25, -0.2) is 9.38 Å². The van der Waals surface area contributed by atoms with Crippen LogP contribution in [0.4, 0.5) is 4.39 Å². The Hall–Kier alpha value is -2.44. The van der Waals surface area contributed by atoms with Crippen LogP contribution in [0.15, 0.2) is 59.6 Å². The van der Waals surface area contributed by atoms with Crippen molar-refractivity contribution in [1.82, 2.24) is 10.6 Å². The van der Waals surface area contributed by atoms with Crippen LogP contribution in [0, 0.1) is 5.82 Å². The number of benzene rings is 2. The molecule has 0 amide bonds. The number of aliphatic hydroxyl groups is 1. The molecule has 0 aliphatic rings. The number of guanidine groups is 1. The molecule has 2 rings (SSSR count). The largest absolute Gasteiger partial charge is 0.389 e. The van der Waals surface area contributed by atoms with Gasteiger partial charge in [-0.1, -0.05) is 42.5 Å². The van der Waals surface area contributed by atoms with E-state index >= 15 is 0 Å². The highest BCUT2D eigenvalue weighted by Crippen LogP contribution is 2.15. The molecule has 0 saturated heterocycles. The van der Waals surface area contributed by atoms with Crippen LogP contribution in [0.1, 0.15) is 31.1 Å². The van der Waals surface area contributed by atoms with Crippen molar-refractivity contribution in [3.05, 3.63) is 71.5 Å². The summed E-state index contributed by atoms with van der Waals surface area (Å²) in [6.07, 6.45) is -0.759. The lowest BCUT2D eigenvalue weighted by Crippen LogP contribution is -2.42. The average molecular weight is 373 g/mol. The topological polar surface area (TPSA) is 65.9 Å². The highest BCUT2D eigenvalue weighted by molar-refractivity contribution is 5.79. The van der Waals surface area contributed by atoms with Crippen molar-refractivity contribution < 1.29 is 14.2 Å². The zero-order valence-corrected chi connectivity index (χ0v) is 15.9. The second kappa shape index (κ2) is 11.3. The smallest absolute Gasteiger partial charge is 0.191 e. The minimum Gasteiger partial charge on any atom is -0.389 e. The first kappa shape index (κ1) is 20.9. The van der Waals surface area contributed by atoms with E-state index in [4.69, 9.17) is 4.74 Å². The van der Waals surface area contributed by atoms with E-state index in [9.17, 15) is 9.50 Å². The maximum absolute atomic E-state index is 13.2. The van der Waals surface area contributed by atoms with Gasteiger partial charge < -0.3 is 20.5 Å². The maximum Gasteiger partial charge on any atom is 0.191 e. The highest BCUT2D eigenvalue weighted by Gasteiger charge is 2.10. The molecule has 0 spiro atoms. The number of hydrogen-bond acceptors (Lipinski definition) is 3. The second-order valence-corrected chi connectivity index (χ2v) is 6.25. The normalized spacial score (nSPS) is 13.9. The van der Waals surface area contributed by atoms with Crippen molar-refractivity contribution in [2.45, 2.75) is 32.6 Å². The summed E-state index contributed by atoms with van der Waals surface area (Å²) in [5.41, 5.74) is 1.86. The number of aliphatic hydroxyl groups excluding tert-OH is 1. The summed E-state index contributed by atoms with van der Waals surface area (Å²) in [4.78, 5) is 4.42. The van der Waals surface area contributed by atoms with Crippen molar-refractivity contribution in [2.75, 3.05) is 19.7 Å². The molecule has 27 heavy (non-hydrogen) atoms. The SMILES string of the molecule is CCNC(=NCc1cccc(F)c1)NCC(O)COC(C)c1ccccc1. The van der Waals surface area contributed by atoms with Gasteiger partial charge in [-0.15, -0.1) is 0 Å². The third kappa shape index (κ3) is 7.76. The van der Waals surface area contributed by atoms with Crippen LogP contribution in [0.25, 0.3) is 0 Å². The number of ether oxygens (including phenoxy) is 1. The standard InChI is InChI=1S/C21H28FN3O2/c1-3-23-21(24-13-17-8-7-11-19(22)12-17)25-14-20(26)15-27-16(2)18-9-5-4-6-10-18/h4-12,16,20,26H,3,13-15H2,1-2H3,(H2,23,24,25). The Morgan fingerprint density at radius 2 is 1.93 bits per heavy atom. The number of halogens is 1. The lowest BCUT2D eigenvalue weighted by molar-refractivity contribution is -0.000599. The van der Waals surface area contributed by atoms with E-state index in [1.165, 1.54) is 12.1 Å². The Labute approximate surface area is 160 Å². The van der Waals surface area contributed by atoms with Gasteiger partial charge in [0, 0.05) is 13.1 Å². The maximum atomic E-state index is 13.2. The third-order valence-electron chi connectivity index (χ3n) is 3.97. The Balaban J connectivity index is 1.79. The lowest BCUT2D eigenvalue weighted by Gasteiger charge is -2.18. The molecule has 0 aliphatic carbocycles. The number of aliphatic imine (C=N–C) groups is 1. The minimum absolute atomic E-state index is 0.0873. The van der Waals surface area contributed by atoms with Gasteiger partial charge in [-0.2, -0.15) is 0 Å². The number of nitrogens with one attached hydrogen (secondary N) is 2. The van der Waals surface area contributed by atoms with E-state index in [1.54, 1.807) is 6.07 Å². The predicted molar refractivity (Wildman–Crippen MR) is 106 cm³/mol. The molecule has 5 nitrogen and oxygen atoms in total. The summed E-state index contributed by atoms with van der Waals surface area (Å²) in [6, 6.07) is 16.2. The highest BCUT2D eigenvalue weighted by atomic mass is 19.1. The van der Waals surface area contributed by atoms with Gasteiger partial charge in [0.2, 0.25) is 0 Å². The van der Waals surface area contributed by atoms with Crippen LogP contribution >= 0.6 is 0 Å². The van der Waals surface area contributed by atoms with Crippen LogP contribution in [-0.2, 0) is 11.3 Å². The number of nitrogens with zero attached hydrogens (tertiary/aromatic N) is 1. The van der Waals surface area contributed by atoms with Gasteiger partial charge in [0.15, 0.2) is 5.96 Å². The molecular formula is C21H28FN3O2. The molecule has 2 aromatic carbocycles. The van der Waals surface area contributed by atoms with Gasteiger partial charge >= 0.3 is 0 Å². The van der Waals surface area contributed by atoms with E-state index in [0.29, 0.717) is 25.6 Å². The van der Waals surface area contributed by atoms with Crippen LogP contribution in [0.3, 0.4) is 0 Å². The lowest BCUT2D eigenvalue weighted by atomic mass is 10.1. The molecule has 0 aromatic heterocycles. The Morgan fingerprint density at radius 1 is 1.15 bits per heavy atom. The Bertz CT molecular complexity index is 710. The molecule has 0 bridgehead atoms. The summed E-state index contributed by atoms with van der Waals surface area (Å²) in [5.74, 6) is 0.290.